The van der Waals surface area contributed by atoms with E-state index in [9.17, 15) is 18.0 Å². The number of carbonyl (C=O) groups excluding carboxylic acids is 1. The van der Waals surface area contributed by atoms with Crippen LogP contribution < -0.4 is 5.32 Å². The molecule has 1 saturated carbocycles. The highest BCUT2D eigenvalue weighted by atomic mass is 19.4. The SMILES string of the molecule is Cn1cc(-c2ccc3nnc(NC(=O)C4CCN(CC5(C(F)(F)F)CC5)CC4)cc3c2)cn1. The summed E-state index contributed by atoms with van der Waals surface area (Å²) in [7, 11) is 1.86. The molecule has 7 nitrogen and oxygen atoms in total. The van der Waals surface area contributed by atoms with Crippen molar-refractivity contribution in [3.8, 4) is 11.1 Å². The molecule has 0 unspecified atom stereocenters. The van der Waals surface area contributed by atoms with Crippen molar-refractivity contribution in [2.24, 2.45) is 18.4 Å². The normalized spacial score (nSPS) is 19.0. The molecule has 174 valence electrons. The van der Waals surface area contributed by atoms with Crippen LogP contribution in [0.15, 0.2) is 36.7 Å². The summed E-state index contributed by atoms with van der Waals surface area (Å²) in [5, 5.41) is 16.2. The minimum absolute atomic E-state index is 0.0419. The number of hydrogen-bond donors (Lipinski definition) is 1. The number of halogens is 3. The van der Waals surface area contributed by atoms with Crippen LogP contribution in [0.4, 0.5) is 19.0 Å². The Bertz CT molecular complexity index is 1180. The van der Waals surface area contributed by atoms with Gasteiger partial charge in [0, 0.05) is 36.7 Å². The highest BCUT2D eigenvalue weighted by Crippen LogP contribution is 2.58. The molecular formula is C23H25F3N6O. The summed E-state index contributed by atoms with van der Waals surface area (Å²) in [6.45, 7) is 1.03. The quantitative estimate of drug-likeness (QED) is 0.625. The first-order chi connectivity index (χ1) is 15.7. The van der Waals surface area contributed by atoms with Crippen LogP contribution in [0.3, 0.4) is 0 Å². The molecule has 33 heavy (non-hydrogen) atoms. The summed E-state index contributed by atoms with van der Waals surface area (Å²) in [6, 6.07) is 7.59. The van der Waals surface area contributed by atoms with Gasteiger partial charge in [0.05, 0.1) is 17.1 Å². The number of aromatic nitrogens is 4. The summed E-state index contributed by atoms with van der Waals surface area (Å²) in [4.78, 5) is 14.6. The average Bonchev–Trinajstić information content (AvgIpc) is 3.45. The van der Waals surface area contributed by atoms with E-state index in [1.807, 2.05) is 36.3 Å². The fourth-order valence-corrected chi connectivity index (χ4v) is 4.55. The average molecular weight is 458 g/mol. The molecule has 1 saturated heterocycles. The van der Waals surface area contributed by atoms with Gasteiger partial charge in [-0.1, -0.05) is 6.07 Å². The lowest BCUT2D eigenvalue weighted by Crippen LogP contribution is -2.44. The number of hydrogen-bond acceptors (Lipinski definition) is 5. The van der Waals surface area contributed by atoms with Crippen LogP contribution in [0.5, 0.6) is 0 Å². The molecule has 1 aliphatic carbocycles. The maximum atomic E-state index is 13.2. The third-order valence-electron chi connectivity index (χ3n) is 6.81. The van der Waals surface area contributed by atoms with Gasteiger partial charge < -0.3 is 10.2 Å². The third-order valence-corrected chi connectivity index (χ3v) is 6.81. The van der Waals surface area contributed by atoms with Crippen LogP contribution in [-0.4, -0.2) is 56.6 Å². The lowest BCUT2D eigenvalue weighted by atomic mass is 9.94. The van der Waals surface area contributed by atoms with Crippen molar-refractivity contribution < 1.29 is 18.0 Å². The molecule has 1 aliphatic heterocycles. The number of fused-ring (bicyclic) bond motifs is 1. The first kappa shape index (κ1) is 21.8. The van der Waals surface area contributed by atoms with Crippen LogP contribution in [-0.2, 0) is 11.8 Å². The molecule has 5 rings (SSSR count). The summed E-state index contributed by atoms with van der Waals surface area (Å²) in [6.07, 6.45) is 1.04. The summed E-state index contributed by atoms with van der Waals surface area (Å²) < 4.78 is 41.4. The van der Waals surface area contributed by atoms with Crippen molar-refractivity contribution in [1.29, 1.82) is 0 Å². The Balaban J connectivity index is 1.21. The minimum atomic E-state index is -4.15. The largest absolute Gasteiger partial charge is 0.395 e. The molecular weight excluding hydrogens is 433 g/mol. The van der Waals surface area contributed by atoms with Gasteiger partial charge in [0.2, 0.25) is 5.91 Å². The van der Waals surface area contributed by atoms with Crippen molar-refractivity contribution in [2.45, 2.75) is 31.9 Å². The molecule has 0 radical (unpaired) electrons. The molecule has 0 atom stereocenters. The van der Waals surface area contributed by atoms with E-state index in [1.54, 1.807) is 16.9 Å². The van der Waals surface area contributed by atoms with Crippen LogP contribution in [0.2, 0.25) is 0 Å². The van der Waals surface area contributed by atoms with Gasteiger partial charge in [0.25, 0.3) is 0 Å². The van der Waals surface area contributed by atoms with Gasteiger partial charge in [-0.3, -0.25) is 9.48 Å². The highest BCUT2D eigenvalue weighted by Gasteiger charge is 2.63. The number of amides is 1. The fraction of sp³-hybridized carbons (Fsp3) is 0.478. The molecule has 3 aromatic rings. The first-order valence-electron chi connectivity index (χ1n) is 11.1. The molecule has 10 heteroatoms. The number of aryl methyl sites for hydroxylation is 1. The van der Waals surface area contributed by atoms with Crippen LogP contribution in [0.25, 0.3) is 22.0 Å². The number of rotatable bonds is 5. The summed E-state index contributed by atoms with van der Waals surface area (Å²) in [5.74, 6) is -0.0440. The zero-order valence-corrected chi connectivity index (χ0v) is 18.3. The van der Waals surface area contributed by atoms with Gasteiger partial charge in [-0.2, -0.15) is 18.3 Å². The smallest absolute Gasteiger partial charge is 0.309 e. The Morgan fingerprint density at radius 3 is 2.55 bits per heavy atom. The van der Waals surface area contributed by atoms with Crippen molar-refractivity contribution in [3.05, 3.63) is 36.7 Å². The maximum Gasteiger partial charge on any atom is 0.395 e. The van der Waals surface area contributed by atoms with E-state index >= 15 is 0 Å². The maximum absolute atomic E-state index is 13.2. The van der Waals surface area contributed by atoms with Gasteiger partial charge in [-0.05, 0) is 62.5 Å². The summed E-state index contributed by atoms with van der Waals surface area (Å²) >= 11 is 0. The van der Waals surface area contributed by atoms with Gasteiger partial charge >= 0.3 is 6.18 Å². The molecule has 1 N–H and O–H groups in total. The minimum Gasteiger partial charge on any atom is -0.309 e. The molecule has 3 heterocycles. The lowest BCUT2D eigenvalue weighted by molar-refractivity contribution is -0.192. The number of anilines is 1. The number of nitrogens with zero attached hydrogens (tertiary/aromatic N) is 5. The lowest BCUT2D eigenvalue weighted by Gasteiger charge is -2.34. The molecule has 1 aromatic carbocycles. The molecule has 0 spiro atoms. The van der Waals surface area contributed by atoms with E-state index in [0.29, 0.717) is 37.3 Å². The van der Waals surface area contributed by atoms with Crippen LogP contribution in [0.1, 0.15) is 25.7 Å². The van der Waals surface area contributed by atoms with Crippen LogP contribution in [0, 0.1) is 11.3 Å². The second-order valence-electron chi connectivity index (χ2n) is 9.22. The van der Waals surface area contributed by atoms with E-state index in [2.05, 4.69) is 20.6 Å². The van der Waals surface area contributed by atoms with Crippen molar-refractivity contribution in [1.82, 2.24) is 24.9 Å². The number of carbonyl (C=O) groups is 1. The van der Waals surface area contributed by atoms with Crippen molar-refractivity contribution >= 4 is 22.6 Å². The van der Waals surface area contributed by atoms with Crippen molar-refractivity contribution in [3.63, 3.8) is 0 Å². The second-order valence-corrected chi connectivity index (χ2v) is 9.22. The monoisotopic (exact) mass is 458 g/mol. The number of benzene rings is 1. The first-order valence-corrected chi connectivity index (χ1v) is 11.1. The molecule has 2 aliphatic rings. The molecule has 0 bridgehead atoms. The van der Waals surface area contributed by atoms with E-state index < -0.39 is 11.6 Å². The van der Waals surface area contributed by atoms with E-state index in [0.717, 1.165) is 16.5 Å². The molecule has 2 fully saturated rings. The predicted octanol–water partition coefficient (Wildman–Crippen LogP) is 4.02. The Hall–Kier alpha value is -3.01. The number of alkyl halides is 3. The standard InChI is InChI=1S/C23H25F3N6O/c1-31-13-18(12-27-31)16-2-3-19-17(10-16)11-20(30-29-19)28-21(33)15-4-8-32(9-5-15)14-22(6-7-22)23(24,25)26/h2-3,10-13,15H,4-9,14H2,1H3,(H,28,30,33). The second kappa shape index (κ2) is 8.09. The zero-order valence-electron chi connectivity index (χ0n) is 18.3. The van der Waals surface area contributed by atoms with E-state index in [4.69, 9.17) is 0 Å². The Kier molecular flexibility index (Phi) is 5.35. The number of piperidine rings is 1. The Labute approximate surface area is 189 Å². The van der Waals surface area contributed by atoms with Crippen LogP contribution >= 0.6 is 0 Å². The fourth-order valence-electron chi connectivity index (χ4n) is 4.55. The number of nitrogens with one attached hydrogen (secondary N) is 1. The molecule has 1 amide bonds. The zero-order chi connectivity index (χ0) is 23.2. The van der Waals surface area contributed by atoms with Gasteiger partial charge in [-0.15, -0.1) is 10.2 Å². The van der Waals surface area contributed by atoms with E-state index in [1.165, 1.54) is 0 Å². The van der Waals surface area contributed by atoms with Gasteiger partial charge in [0.1, 0.15) is 0 Å². The predicted molar refractivity (Wildman–Crippen MR) is 117 cm³/mol. The van der Waals surface area contributed by atoms with Gasteiger partial charge in [-0.25, -0.2) is 0 Å². The number of likely N-dealkylation sites (tertiary alicyclic amines) is 1. The summed E-state index contributed by atoms with van der Waals surface area (Å²) in [5.41, 5.74) is 1.15. The Morgan fingerprint density at radius 2 is 1.91 bits per heavy atom. The van der Waals surface area contributed by atoms with Gasteiger partial charge in [0.15, 0.2) is 5.82 Å². The molecule has 2 aromatic heterocycles. The van der Waals surface area contributed by atoms with Crippen molar-refractivity contribution in [2.75, 3.05) is 25.0 Å². The highest BCUT2D eigenvalue weighted by molar-refractivity contribution is 5.94. The topological polar surface area (TPSA) is 75.9 Å². The Morgan fingerprint density at radius 1 is 1.15 bits per heavy atom. The third kappa shape index (κ3) is 4.44. The van der Waals surface area contributed by atoms with E-state index in [-0.39, 0.29) is 31.2 Å².